The highest BCUT2D eigenvalue weighted by molar-refractivity contribution is 7.99. The van der Waals surface area contributed by atoms with Gasteiger partial charge in [-0.1, -0.05) is 42.1 Å². The van der Waals surface area contributed by atoms with Crippen LogP contribution in [0, 0.1) is 5.82 Å². The molecule has 0 atom stereocenters. The van der Waals surface area contributed by atoms with Gasteiger partial charge in [0.2, 0.25) is 0 Å². The quantitative estimate of drug-likeness (QED) is 0.453. The van der Waals surface area contributed by atoms with Gasteiger partial charge in [0.05, 0.1) is 5.75 Å². The van der Waals surface area contributed by atoms with Crippen LogP contribution >= 0.6 is 11.8 Å². The highest BCUT2D eigenvalue weighted by Gasteiger charge is 2.20. The molecule has 0 fully saturated rings. The van der Waals surface area contributed by atoms with Crippen LogP contribution in [0.3, 0.4) is 0 Å². The van der Waals surface area contributed by atoms with Gasteiger partial charge < -0.3 is 4.74 Å². The first-order valence-corrected chi connectivity index (χ1v) is 9.89. The van der Waals surface area contributed by atoms with Crippen LogP contribution in [0.5, 0.6) is 0 Å². The standard InChI is InChI=1S/C21H22FN3O2S/c1-21(2,3)27-19(26)14-28-20-24-23-18(13-15-7-5-4-6-8-15)25(20)17-11-9-16(22)10-12-17/h4-12H,13-14H2,1-3H3. The molecule has 1 aromatic heterocycles. The number of aromatic nitrogens is 3. The summed E-state index contributed by atoms with van der Waals surface area (Å²) >= 11 is 1.25. The summed E-state index contributed by atoms with van der Waals surface area (Å²) in [7, 11) is 0. The zero-order valence-electron chi connectivity index (χ0n) is 16.1. The number of ether oxygens (including phenoxy) is 1. The van der Waals surface area contributed by atoms with Crippen LogP contribution in [0.25, 0.3) is 5.69 Å². The normalized spacial score (nSPS) is 11.4. The van der Waals surface area contributed by atoms with Crippen LogP contribution in [0.2, 0.25) is 0 Å². The maximum Gasteiger partial charge on any atom is 0.316 e. The molecule has 0 unspecified atom stereocenters. The van der Waals surface area contributed by atoms with E-state index in [2.05, 4.69) is 10.2 Å². The summed E-state index contributed by atoms with van der Waals surface area (Å²) in [5.41, 5.74) is 1.28. The number of carbonyl (C=O) groups is 1. The van der Waals surface area contributed by atoms with Gasteiger partial charge in [0, 0.05) is 12.1 Å². The molecule has 0 bridgehead atoms. The Kier molecular flexibility index (Phi) is 6.14. The largest absolute Gasteiger partial charge is 0.459 e. The monoisotopic (exact) mass is 399 g/mol. The van der Waals surface area contributed by atoms with Crippen molar-refractivity contribution in [2.45, 2.75) is 37.9 Å². The van der Waals surface area contributed by atoms with Crippen LogP contribution in [-0.4, -0.2) is 32.1 Å². The van der Waals surface area contributed by atoms with E-state index in [1.807, 2.05) is 55.7 Å². The fourth-order valence-corrected chi connectivity index (χ4v) is 3.37. The average Bonchev–Trinajstić information content (AvgIpc) is 3.03. The van der Waals surface area contributed by atoms with Crippen LogP contribution in [0.15, 0.2) is 59.8 Å². The van der Waals surface area contributed by atoms with Gasteiger partial charge in [0.25, 0.3) is 0 Å². The second kappa shape index (κ2) is 8.56. The zero-order chi connectivity index (χ0) is 20.1. The molecule has 2 aromatic carbocycles. The first-order chi connectivity index (χ1) is 13.3. The van der Waals surface area contributed by atoms with Crippen molar-refractivity contribution >= 4 is 17.7 Å². The topological polar surface area (TPSA) is 57.0 Å². The molecule has 146 valence electrons. The number of hydrogen-bond donors (Lipinski definition) is 0. The number of halogens is 1. The third-order valence-corrected chi connectivity index (χ3v) is 4.63. The van der Waals surface area contributed by atoms with Gasteiger partial charge in [-0.05, 0) is 50.6 Å². The van der Waals surface area contributed by atoms with Crippen molar-refractivity contribution in [2.75, 3.05) is 5.75 Å². The van der Waals surface area contributed by atoms with Gasteiger partial charge in [-0.15, -0.1) is 10.2 Å². The van der Waals surface area contributed by atoms with Crippen molar-refractivity contribution in [3.05, 3.63) is 71.8 Å². The number of thioether (sulfide) groups is 1. The molecule has 5 nitrogen and oxygen atoms in total. The SMILES string of the molecule is CC(C)(C)OC(=O)CSc1nnc(Cc2ccccc2)n1-c1ccc(F)cc1. The van der Waals surface area contributed by atoms with E-state index in [1.54, 1.807) is 12.1 Å². The van der Waals surface area contributed by atoms with Crippen LogP contribution in [0.1, 0.15) is 32.2 Å². The second-order valence-corrected chi connectivity index (χ2v) is 8.19. The Balaban J connectivity index is 1.87. The third-order valence-electron chi connectivity index (χ3n) is 3.73. The van der Waals surface area contributed by atoms with E-state index >= 15 is 0 Å². The van der Waals surface area contributed by atoms with Crippen molar-refractivity contribution in [2.24, 2.45) is 0 Å². The number of hydrogen-bond acceptors (Lipinski definition) is 5. The van der Waals surface area contributed by atoms with Crippen molar-refractivity contribution in [1.82, 2.24) is 14.8 Å². The minimum Gasteiger partial charge on any atom is -0.459 e. The molecule has 0 aliphatic carbocycles. The number of rotatable bonds is 6. The smallest absolute Gasteiger partial charge is 0.316 e. The summed E-state index contributed by atoms with van der Waals surface area (Å²) in [6.45, 7) is 5.48. The lowest BCUT2D eigenvalue weighted by atomic mass is 10.1. The maximum atomic E-state index is 13.4. The summed E-state index contributed by atoms with van der Waals surface area (Å²) in [4.78, 5) is 12.1. The first-order valence-electron chi connectivity index (χ1n) is 8.90. The van der Waals surface area contributed by atoms with Gasteiger partial charge >= 0.3 is 5.97 Å². The predicted octanol–water partition coefficient (Wildman–Crippen LogP) is 4.43. The molecule has 0 amide bonds. The summed E-state index contributed by atoms with van der Waals surface area (Å²) < 4.78 is 20.6. The lowest BCUT2D eigenvalue weighted by Crippen LogP contribution is -2.25. The fourth-order valence-electron chi connectivity index (χ4n) is 2.63. The third kappa shape index (κ3) is 5.42. The molecule has 0 saturated heterocycles. The molecule has 0 spiro atoms. The van der Waals surface area contributed by atoms with Gasteiger partial charge in [-0.25, -0.2) is 4.39 Å². The van der Waals surface area contributed by atoms with E-state index in [4.69, 9.17) is 4.74 Å². The van der Waals surface area contributed by atoms with E-state index < -0.39 is 5.60 Å². The average molecular weight is 399 g/mol. The first kappa shape index (κ1) is 20.1. The Hall–Kier alpha value is -2.67. The van der Waals surface area contributed by atoms with E-state index in [9.17, 15) is 9.18 Å². The summed E-state index contributed by atoms with van der Waals surface area (Å²) in [6, 6.07) is 16.0. The van der Waals surface area contributed by atoms with Crippen molar-refractivity contribution in [1.29, 1.82) is 0 Å². The Bertz CT molecular complexity index is 935. The highest BCUT2D eigenvalue weighted by atomic mass is 32.2. The molecule has 0 aliphatic heterocycles. The Labute approximate surface area is 167 Å². The Morgan fingerprint density at radius 3 is 2.39 bits per heavy atom. The van der Waals surface area contributed by atoms with Gasteiger partial charge in [-0.3, -0.25) is 9.36 Å². The van der Waals surface area contributed by atoms with Crippen LogP contribution < -0.4 is 0 Å². The molecule has 0 N–H and O–H groups in total. The summed E-state index contributed by atoms with van der Waals surface area (Å²) in [6.07, 6.45) is 0.568. The second-order valence-electron chi connectivity index (χ2n) is 7.25. The van der Waals surface area contributed by atoms with Crippen LogP contribution in [0.4, 0.5) is 4.39 Å². The minimum absolute atomic E-state index is 0.113. The van der Waals surface area contributed by atoms with Gasteiger partial charge in [0.15, 0.2) is 5.16 Å². The number of esters is 1. The molecule has 0 radical (unpaired) electrons. The Morgan fingerprint density at radius 2 is 1.75 bits per heavy atom. The molecule has 0 saturated carbocycles. The summed E-state index contributed by atoms with van der Waals surface area (Å²) in [5, 5.41) is 9.12. The number of carbonyl (C=O) groups excluding carboxylic acids is 1. The van der Waals surface area contributed by atoms with Crippen LogP contribution in [-0.2, 0) is 16.0 Å². The zero-order valence-corrected chi connectivity index (χ0v) is 16.9. The molecule has 1 heterocycles. The molecule has 3 aromatic rings. The lowest BCUT2D eigenvalue weighted by molar-refractivity contribution is -0.151. The molecule has 7 heteroatoms. The molecule has 3 rings (SSSR count). The number of nitrogens with zero attached hydrogens (tertiary/aromatic N) is 3. The van der Waals surface area contributed by atoms with E-state index in [0.29, 0.717) is 17.4 Å². The summed E-state index contributed by atoms with van der Waals surface area (Å²) in [5.74, 6) is 0.187. The van der Waals surface area contributed by atoms with Gasteiger partial charge in [0.1, 0.15) is 17.2 Å². The molecular weight excluding hydrogens is 377 g/mol. The van der Waals surface area contributed by atoms with Crippen molar-refractivity contribution < 1.29 is 13.9 Å². The maximum absolute atomic E-state index is 13.4. The minimum atomic E-state index is -0.541. The molecule has 0 aliphatic rings. The lowest BCUT2D eigenvalue weighted by Gasteiger charge is -2.19. The number of benzene rings is 2. The van der Waals surface area contributed by atoms with E-state index in [-0.39, 0.29) is 17.5 Å². The van der Waals surface area contributed by atoms with Crippen molar-refractivity contribution in [3.8, 4) is 5.69 Å². The predicted molar refractivity (Wildman–Crippen MR) is 107 cm³/mol. The van der Waals surface area contributed by atoms with Crippen molar-refractivity contribution in [3.63, 3.8) is 0 Å². The molecular formula is C21H22FN3O2S. The van der Waals surface area contributed by atoms with E-state index in [1.165, 1.54) is 23.9 Å². The van der Waals surface area contributed by atoms with Gasteiger partial charge in [-0.2, -0.15) is 0 Å². The highest BCUT2D eigenvalue weighted by Crippen LogP contribution is 2.24. The molecule has 28 heavy (non-hydrogen) atoms. The fraction of sp³-hybridized carbons (Fsp3) is 0.286. The van der Waals surface area contributed by atoms with E-state index in [0.717, 1.165) is 11.3 Å². The Morgan fingerprint density at radius 1 is 1.07 bits per heavy atom.